The number of aliphatic carboxylic acids is 1. The van der Waals surface area contributed by atoms with Gasteiger partial charge in [-0.1, -0.05) is 23.4 Å². The van der Waals surface area contributed by atoms with Crippen molar-refractivity contribution >= 4 is 17.6 Å². The van der Waals surface area contributed by atoms with Gasteiger partial charge >= 0.3 is 5.97 Å². The van der Waals surface area contributed by atoms with E-state index in [1.54, 1.807) is 0 Å². The van der Waals surface area contributed by atoms with Crippen molar-refractivity contribution < 1.29 is 9.90 Å². The summed E-state index contributed by atoms with van der Waals surface area (Å²) in [7, 11) is 0. The van der Waals surface area contributed by atoms with Crippen molar-refractivity contribution in [1.29, 1.82) is 5.26 Å². The first-order valence-electron chi connectivity index (χ1n) is 3.90. The normalized spacial score (nSPS) is 8.53. The number of carbonyl (C=O) groups is 1. The average molecular weight is 221 g/mol. The van der Waals surface area contributed by atoms with Gasteiger partial charge in [-0.25, -0.2) is 4.98 Å². The molecule has 1 aromatic heterocycles. The van der Waals surface area contributed by atoms with E-state index in [9.17, 15) is 4.79 Å². The Morgan fingerprint density at radius 3 is 3.00 bits per heavy atom. The van der Waals surface area contributed by atoms with Crippen molar-refractivity contribution in [2.75, 3.05) is 0 Å². The molecule has 0 spiro atoms. The van der Waals surface area contributed by atoms with Crippen molar-refractivity contribution in [2.24, 2.45) is 0 Å². The van der Waals surface area contributed by atoms with Gasteiger partial charge in [0, 0.05) is 11.8 Å². The number of pyridine rings is 1. The standard InChI is InChI=1S/C10H5ClN2O2/c11-10-8(5-12)4-7(6-13-10)2-1-3-9(14)15/h4,6H,3H2,(H,14,15). The zero-order valence-corrected chi connectivity index (χ0v) is 8.25. The average Bonchev–Trinajstić information content (AvgIpc) is 2.20. The Morgan fingerprint density at radius 2 is 2.40 bits per heavy atom. The summed E-state index contributed by atoms with van der Waals surface area (Å²) in [5.74, 6) is 4.01. The maximum atomic E-state index is 10.2. The summed E-state index contributed by atoms with van der Waals surface area (Å²) < 4.78 is 0. The van der Waals surface area contributed by atoms with Crippen LogP contribution in [0.2, 0.25) is 5.15 Å². The van der Waals surface area contributed by atoms with Crippen molar-refractivity contribution in [1.82, 2.24) is 4.98 Å². The van der Waals surface area contributed by atoms with Crippen molar-refractivity contribution in [2.45, 2.75) is 6.42 Å². The summed E-state index contributed by atoms with van der Waals surface area (Å²) in [6.07, 6.45) is 1.14. The van der Waals surface area contributed by atoms with Gasteiger partial charge in [0.05, 0.1) is 5.56 Å². The number of hydrogen-bond donors (Lipinski definition) is 1. The molecule has 0 aliphatic heterocycles. The van der Waals surface area contributed by atoms with Gasteiger partial charge in [0.2, 0.25) is 0 Å². The van der Waals surface area contributed by atoms with Crippen LogP contribution in [0.15, 0.2) is 12.3 Å². The lowest BCUT2D eigenvalue weighted by molar-refractivity contribution is -0.135. The highest BCUT2D eigenvalue weighted by Crippen LogP contribution is 2.12. The molecule has 0 fully saturated rings. The van der Waals surface area contributed by atoms with Crippen LogP contribution in [-0.4, -0.2) is 16.1 Å². The van der Waals surface area contributed by atoms with Gasteiger partial charge in [-0.3, -0.25) is 4.79 Å². The van der Waals surface area contributed by atoms with Gasteiger partial charge in [0.25, 0.3) is 0 Å². The number of nitrogens with zero attached hydrogens (tertiary/aromatic N) is 2. The predicted molar refractivity (Wildman–Crippen MR) is 53.1 cm³/mol. The van der Waals surface area contributed by atoms with Gasteiger partial charge < -0.3 is 5.11 Å². The van der Waals surface area contributed by atoms with E-state index in [-0.39, 0.29) is 17.1 Å². The monoisotopic (exact) mass is 220 g/mol. The second-order valence-corrected chi connectivity index (χ2v) is 2.90. The van der Waals surface area contributed by atoms with Gasteiger partial charge in [-0.05, 0) is 6.07 Å². The molecule has 1 rings (SSSR count). The maximum Gasteiger partial charge on any atom is 0.315 e. The molecule has 0 aliphatic rings. The lowest BCUT2D eigenvalue weighted by atomic mass is 10.2. The first-order chi connectivity index (χ1) is 7.13. The molecule has 74 valence electrons. The minimum Gasteiger partial charge on any atom is -0.481 e. The number of carboxylic acid groups (broad SMARTS) is 1. The molecule has 0 radical (unpaired) electrons. The van der Waals surface area contributed by atoms with Crippen LogP contribution in [0.4, 0.5) is 0 Å². The van der Waals surface area contributed by atoms with Gasteiger partial charge in [0.15, 0.2) is 0 Å². The zero-order chi connectivity index (χ0) is 11.3. The molecule has 0 unspecified atom stereocenters. The molecule has 0 aliphatic carbocycles. The number of halogens is 1. The molecule has 0 atom stereocenters. The second-order valence-electron chi connectivity index (χ2n) is 2.55. The quantitative estimate of drug-likeness (QED) is 0.574. The van der Waals surface area contributed by atoms with E-state index in [0.29, 0.717) is 5.56 Å². The predicted octanol–water partition coefficient (Wildman–Crippen LogP) is 1.43. The highest BCUT2D eigenvalue weighted by molar-refractivity contribution is 6.30. The summed E-state index contributed by atoms with van der Waals surface area (Å²) in [5, 5.41) is 17.1. The molecule has 15 heavy (non-hydrogen) atoms. The van der Waals surface area contributed by atoms with Crippen LogP contribution in [-0.2, 0) is 4.79 Å². The number of carboxylic acids is 1. The topological polar surface area (TPSA) is 74.0 Å². The van der Waals surface area contributed by atoms with E-state index in [1.807, 2.05) is 6.07 Å². The van der Waals surface area contributed by atoms with Crippen LogP contribution in [0.3, 0.4) is 0 Å². The van der Waals surface area contributed by atoms with E-state index in [1.165, 1.54) is 12.3 Å². The summed E-state index contributed by atoms with van der Waals surface area (Å²) in [4.78, 5) is 13.9. The van der Waals surface area contributed by atoms with Crippen LogP contribution < -0.4 is 0 Å². The van der Waals surface area contributed by atoms with Crippen LogP contribution in [0.1, 0.15) is 17.5 Å². The lowest BCUT2D eigenvalue weighted by Crippen LogP contribution is -1.90. The summed E-state index contributed by atoms with van der Waals surface area (Å²) >= 11 is 5.60. The Balaban J connectivity index is 2.92. The maximum absolute atomic E-state index is 10.2. The van der Waals surface area contributed by atoms with Crippen molar-refractivity contribution in [3.63, 3.8) is 0 Å². The van der Waals surface area contributed by atoms with E-state index in [4.69, 9.17) is 22.0 Å². The Kier molecular flexibility index (Phi) is 3.68. The molecule has 1 N–H and O–H groups in total. The molecule has 0 aromatic carbocycles. The zero-order valence-electron chi connectivity index (χ0n) is 7.49. The SMILES string of the molecule is N#Cc1cc(C#CCC(=O)O)cnc1Cl. The van der Waals surface area contributed by atoms with E-state index >= 15 is 0 Å². The number of rotatable bonds is 1. The van der Waals surface area contributed by atoms with Crippen LogP contribution >= 0.6 is 11.6 Å². The van der Waals surface area contributed by atoms with Gasteiger partial charge in [-0.15, -0.1) is 0 Å². The minimum atomic E-state index is -0.995. The smallest absolute Gasteiger partial charge is 0.315 e. The fourth-order valence-corrected chi connectivity index (χ4v) is 0.962. The van der Waals surface area contributed by atoms with Crippen LogP contribution in [0.25, 0.3) is 0 Å². The van der Waals surface area contributed by atoms with Gasteiger partial charge in [0.1, 0.15) is 17.6 Å². The molecule has 5 heteroatoms. The van der Waals surface area contributed by atoms with Gasteiger partial charge in [-0.2, -0.15) is 5.26 Å². The number of nitriles is 1. The summed E-state index contributed by atoms with van der Waals surface area (Å²) in [5.41, 5.74) is 0.691. The Morgan fingerprint density at radius 1 is 1.67 bits per heavy atom. The molecule has 1 heterocycles. The number of hydrogen-bond acceptors (Lipinski definition) is 3. The molecular weight excluding hydrogens is 216 g/mol. The highest BCUT2D eigenvalue weighted by Gasteiger charge is 2.00. The third-order valence-corrected chi connectivity index (χ3v) is 1.73. The van der Waals surface area contributed by atoms with Crippen LogP contribution in [0.5, 0.6) is 0 Å². The fourth-order valence-electron chi connectivity index (χ4n) is 0.817. The molecular formula is C10H5ClN2O2. The first-order valence-corrected chi connectivity index (χ1v) is 4.27. The van der Waals surface area contributed by atoms with E-state index < -0.39 is 5.97 Å². The second kappa shape index (κ2) is 4.99. The van der Waals surface area contributed by atoms with Crippen molar-refractivity contribution in [3.05, 3.63) is 28.5 Å². The Hall–Kier alpha value is -2.04. The lowest BCUT2D eigenvalue weighted by Gasteiger charge is -1.93. The summed E-state index contributed by atoms with van der Waals surface area (Å²) in [6.45, 7) is 0. The molecule has 0 saturated heterocycles. The Labute approximate surface area is 91.1 Å². The van der Waals surface area contributed by atoms with E-state index in [0.717, 1.165) is 0 Å². The highest BCUT2D eigenvalue weighted by atomic mass is 35.5. The minimum absolute atomic E-state index is 0.112. The molecule has 1 aromatic rings. The number of aromatic nitrogens is 1. The molecule has 0 bridgehead atoms. The fraction of sp³-hybridized carbons (Fsp3) is 0.100. The molecule has 0 saturated carbocycles. The first kappa shape index (κ1) is 11.0. The Bertz CT molecular complexity index is 494. The van der Waals surface area contributed by atoms with E-state index in [2.05, 4.69) is 16.8 Å². The largest absolute Gasteiger partial charge is 0.481 e. The third-order valence-electron chi connectivity index (χ3n) is 1.43. The third kappa shape index (κ3) is 3.30. The van der Waals surface area contributed by atoms with Crippen molar-refractivity contribution in [3.8, 4) is 17.9 Å². The molecule has 4 nitrogen and oxygen atoms in total. The summed E-state index contributed by atoms with van der Waals surface area (Å²) in [6, 6.07) is 3.32. The molecule has 0 amide bonds. The van der Waals surface area contributed by atoms with Crippen LogP contribution in [0, 0.1) is 23.2 Å².